The molecule has 4 saturated carbocycles. The van der Waals surface area contributed by atoms with Gasteiger partial charge in [0.05, 0.1) is 0 Å². The van der Waals surface area contributed by atoms with Crippen LogP contribution in [0.15, 0.2) is 194 Å². The molecule has 0 atom stereocenters. The molecule has 0 amide bonds. The fourth-order valence-electron chi connectivity index (χ4n) is 11.2. The SMILES string of the molecule is c1ccc(-c2ccc(N(c3ccc(-c4ccccc4)cc3)c3ccc(-c4ccc5cc(-c6ccccc6)cc(C6C7CC8CC(C7)CC6C8)c5c4)cc3)cc2)cc1. The average molecular weight is 734 g/mol. The fourth-order valence-corrected chi connectivity index (χ4v) is 11.2. The van der Waals surface area contributed by atoms with Crippen LogP contribution in [0.1, 0.15) is 43.6 Å². The molecule has 0 spiro atoms. The van der Waals surface area contributed by atoms with E-state index < -0.39 is 0 Å². The van der Waals surface area contributed by atoms with Crippen molar-refractivity contribution >= 4 is 27.8 Å². The van der Waals surface area contributed by atoms with Gasteiger partial charge >= 0.3 is 0 Å². The summed E-state index contributed by atoms with van der Waals surface area (Å²) in [5.41, 5.74) is 15.1. The molecule has 276 valence electrons. The maximum atomic E-state index is 2.58. The van der Waals surface area contributed by atoms with Crippen molar-refractivity contribution in [3.05, 3.63) is 200 Å². The molecule has 1 nitrogen and oxygen atoms in total. The van der Waals surface area contributed by atoms with Gasteiger partial charge in [-0.25, -0.2) is 0 Å². The second-order valence-electron chi connectivity index (χ2n) is 17.0. The minimum atomic E-state index is 0.664. The summed E-state index contributed by atoms with van der Waals surface area (Å²) in [6.45, 7) is 0. The Bertz CT molecular complexity index is 2530. The van der Waals surface area contributed by atoms with Crippen LogP contribution in [0, 0.1) is 23.7 Å². The molecule has 12 rings (SSSR count). The van der Waals surface area contributed by atoms with Crippen LogP contribution < -0.4 is 4.90 Å². The van der Waals surface area contributed by atoms with E-state index in [2.05, 4.69) is 199 Å². The Morgan fingerprint density at radius 1 is 0.316 bits per heavy atom. The lowest BCUT2D eigenvalue weighted by molar-refractivity contribution is -0.00229. The van der Waals surface area contributed by atoms with E-state index in [1.54, 1.807) is 5.56 Å². The topological polar surface area (TPSA) is 3.24 Å². The minimum Gasteiger partial charge on any atom is -0.311 e. The lowest BCUT2D eigenvalue weighted by atomic mass is 9.50. The predicted octanol–water partition coefficient (Wildman–Crippen LogP) is 15.5. The summed E-state index contributed by atoms with van der Waals surface area (Å²) in [5, 5.41) is 2.82. The molecule has 0 aliphatic heterocycles. The zero-order valence-corrected chi connectivity index (χ0v) is 32.3. The van der Waals surface area contributed by atoms with Crippen LogP contribution in [0.4, 0.5) is 17.1 Å². The molecule has 0 unspecified atom stereocenters. The van der Waals surface area contributed by atoms with Gasteiger partial charge in [0.25, 0.3) is 0 Å². The molecular weight excluding hydrogens is 687 g/mol. The second-order valence-corrected chi connectivity index (χ2v) is 17.0. The highest BCUT2D eigenvalue weighted by Crippen LogP contribution is 2.60. The molecule has 4 bridgehead atoms. The van der Waals surface area contributed by atoms with E-state index in [0.717, 1.165) is 40.7 Å². The van der Waals surface area contributed by atoms with Crippen LogP contribution >= 0.6 is 0 Å². The average Bonchev–Trinajstić information content (AvgIpc) is 3.27. The Labute approximate surface area is 337 Å². The molecule has 0 N–H and O–H groups in total. The van der Waals surface area contributed by atoms with Gasteiger partial charge in [0.15, 0.2) is 0 Å². The second kappa shape index (κ2) is 14.4. The Morgan fingerprint density at radius 3 is 1.16 bits per heavy atom. The zero-order chi connectivity index (χ0) is 37.7. The van der Waals surface area contributed by atoms with Crippen molar-refractivity contribution in [3.63, 3.8) is 0 Å². The summed E-state index contributed by atoms with van der Waals surface area (Å²) in [5.74, 6) is 4.24. The van der Waals surface area contributed by atoms with Gasteiger partial charge in [-0.2, -0.15) is 0 Å². The van der Waals surface area contributed by atoms with Crippen molar-refractivity contribution < 1.29 is 0 Å². The fraction of sp³-hybridized carbons (Fsp3) is 0.179. The number of nitrogens with zero attached hydrogens (tertiary/aromatic N) is 1. The van der Waals surface area contributed by atoms with Crippen LogP contribution in [0.2, 0.25) is 0 Å². The first-order chi connectivity index (χ1) is 28.2. The van der Waals surface area contributed by atoms with Gasteiger partial charge in [-0.3, -0.25) is 0 Å². The Balaban J connectivity index is 0.970. The molecule has 57 heavy (non-hydrogen) atoms. The number of hydrogen-bond donors (Lipinski definition) is 0. The molecule has 4 fully saturated rings. The minimum absolute atomic E-state index is 0.664. The maximum absolute atomic E-state index is 2.58. The summed E-state index contributed by atoms with van der Waals surface area (Å²) in [6.07, 6.45) is 7.19. The van der Waals surface area contributed by atoms with Gasteiger partial charge in [-0.05, 0) is 171 Å². The predicted molar refractivity (Wildman–Crippen MR) is 240 cm³/mol. The number of anilines is 3. The van der Waals surface area contributed by atoms with E-state index in [1.807, 2.05) is 0 Å². The van der Waals surface area contributed by atoms with E-state index in [-0.39, 0.29) is 0 Å². The number of hydrogen-bond acceptors (Lipinski definition) is 1. The first-order valence-corrected chi connectivity index (χ1v) is 21.0. The number of rotatable bonds is 8. The van der Waals surface area contributed by atoms with Crippen molar-refractivity contribution in [3.8, 4) is 44.5 Å². The largest absolute Gasteiger partial charge is 0.311 e. The van der Waals surface area contributed by atoms with Crippen molar-refractivity contribution in [2.24, 2.45) is 23.7 Å². The zero-order valence-electron chi connectivity index (χ0n) is 32.3. The highest BCUT2D eigenvalue weighted by molar-refractivity contribution is 5.94. The van der Waals surface area contributed by atoms with E-state index in [9.17, 15) is 0 Å². The Kier molecular flexibility index (Phi) is 8.61. The van der Waals surface area contributed by atoms with E-state index in [4.69, 9.17) is 0 Å². The van der Waals surface area contributed by atoms with E-state index in [0.29, 0.717) is 5.92 Å². The first kappa shape index (κ1) is 34.1. The normalized spacial score (nSPS) is 20.8. The van der Waals surface area contributed by atoms with Gasteiger partial charge in [-0.15, -0.1) is 0 Å². The van der Waals surface area contributed by atoms with E-state index in [1.165, 1.54) is 87.4 Å². The third-order valence-electron chi connectivity index (χ3n) is 13.6. The molecule has 8 aromatic rings. The third-order valence-corrected chi connectivity index (χ3v) is 13.6. The van der Waals surface area contributed by atoms with Crippen LogP contribution in [0.25, 0.3) is 55.3 Å². The Morgan fingerprint density at radius 2 is 0.702 bits per heavy atom. The van der Waals surface area contributed by atoms with Crippen molar-refractivity contribution in [2.75, 3.05) is 4.90 Å². The smallest absolute Gasteiger partial charge is 0.0462 e. The van der Waals surface area contributed by atoms with Gasteiger partial charge in [0, 0.05) is 17.1 Å². The maximum Gasteiger partial charge on any atom is 0.0462 e. The molecular formula is C56H47N. The van der Waals surface area contributed by atoms with Crippen LogP contribution in [-0.4, -0.2) is 0 Å². The number of fused-ring (bicyclic) bond motifs is 1. The summed E-state index contributed by atoms with van der Waals surface area (Å²) >= 11 is 0. The van der Waals surface area contributed by atoms with Gasteiger partial charge < -0.3 is 4.90 Å². The molecule has 1 heteroatoms. The standard InChI is InChI=1S/C56H47N/c1-4-10-40(11-5-1)43-18-24-51(25-19-43)57(52-26-20-44(21-27-52)41-12-6-2-7-13-41)53-28-22-45(23-29-53)46-16-17-47-35-48(42-14-8-3-9-15-42)37-55(54(47)36-46)56-49-31-38-30-39(33-49)34-50(56)32-38/h1-29,35-39,49-50,56H,30-34H2. The number of benzene rings is 8. The molecule has 4 aliphatic rings. The molecule has 8 aromatic carbocycles. The van der Waals surface area contributed by atoms with Crippen LogP contribution in [-0.2, 0) is 0 Å². The third kappa shape index (κ3) is 6.46. The van der Waals surface area contributed by atoms with Crippen molar-refractivity contribution in [1.82, 2.24) is 0 Å². The van der Waals surface area contributed by atoms with Gasteiger partial charge in [0.1, 0.15) is 0 Å². The summed E-state index contributed by atoms with van der Waals surface area (Å²) in [4.78, 5) is 2.38. The molecule has 4 aliphatic carbocycles. The first-order valence-electron chi connectivity index (χ1n) is 21.0. The quantitative estimate of drug-likeness (QED) is 0.150. The van der Waals surface area contributed by atoms with Crippen molar-refractivity contribution in [1.29, 1.82) is 0 Å². The Hall–Kier alpha value is -6.18. The summed E-state index contributed by atoms with van der Waals surface area (Å²) in [7, 11) is 0. The molecule has 0 saturated heterocycles. The summed E-state index contributed by atoms with van der Waals surface area (Å²) in [6, 6.07) is 71.8. The highest BCUT2D eigenvalue weighted by atomic mass is 15.1. The van der Waals surface area contributed by atoms with Gasteiger partial charge in [-0.1, -0.05) is 146 Å². The molecule has 0 heterocycles. The summed E-state index contributed by atoms with van der Waals surface area (Å²) < 4.78 is 0. The highest BCUT2D eigenvalue weighted by Gasteiger charge is 2.49. The monoisotopic (exact) mass is 733 g/mol. The van der Waals surface area contributed by atoms with Crippen LogP contribution in [0.3, 0.4) is 0 Å². The van der Waals surface area contributed by atoms with Crippen LogP contribution in [0.5, 0.6) is 0 Å². The lowest BCUT2D eigenvalue weighted by Gasteiger charge is -2.55. The van der Waals surface area contributed by atoms with Gasteiger partial charge in [0.2, 0.25) is 0 Å². The lowest BCUT2D eigenvalue weighted by Crippen LogP contribution is -2.43. The molecule has 0 radical (unpaired) electrons. The molecule has 0 aromatic heterocycles. The van der Waals surface area contributed by atoms with E-state index >= 15 is 0 Å². The van der Waals surface area contributed by atoms with Crippen molar-refractivity contribution in [2.45, 2.75) is 38.0 Å².